The fraction of sp³-hybridized carbons (Fsp3) is 0.385. The summed E-state index contributed by atoms with van der Waals surface area (Å²) in [6, 6.07) is 5.00. The highest BCUT2D eigenvalue weighted by Gasteiger charge is 2.16. The Hall–Kier alpha value is -1.05. The first-order valence-corrected chi connectivity index (χ1v) is 7.59. The molecule has 1 aromatic rings. The highest BCUT2D eigenvalue weighted by molar-refractivity contribution is 9.10. The van der Waals surface area contributed by atoms with Crippen LogP contribution in [0.5, 0.6) is 0 Å². The molecule has 0 aliphatic heterocycles. The van der Waals surface area contributed by atoms with E-state index in [9.17, 15) is 9.59 Å². The van der Waals surface area contributed by atoms with Gasteiger partial charge in [0.05, 0.1) is 17.4 Å². The molecular weight excluding hydrogens is 346 g/mol. The second-order valence-electron chi connectivity index (χ2n) is 3.99. The molecule has 1 aromatic carbocycles. The Morgan fingerprint density at radius 2 is 2.20 bits per heavy atom. The zero-order chi connectivity index (χ0) is 15.1. The number of carboxylic acid groups (broad SMARTS) is 1. The molecule has 7 heteroatoms. The van der Waals surface area contributed by atoms with Gasteiger partial charge < -0.3 is 15.2 Å². The first kappa shape index (κ1) is 17.0. The Morgan fingerprint density at radius 3 is 2.80 bits per heavy atom. The topological polar surface area (TPSA) is 75.6 Å². The monoisotopic (exact) mass is 361 g/mol. The van der Waals surface area contributed by atoms with Crippen LogP contribution in [0, 0.1) is 0 Å². The van der Waals surface area contributed by atoms with Crippen molar-refractivity contribution < 1.29 is 19.4 Å². The fourth-order valence-electron chi connectivity index (χ4n) is 1.42. The number of benzene rings is 1. The highest BCUT2D eigenvalue weighted by atomic mass is 79.9. The summed E-state index contributed by atoms with van der Waals surface area (Å²) < 4.78 is 5.37. The predicted octanol–water partition coefficient (Wildman–Crippen LogP) is 2.39. The molecule has 0 radical (unpaired) electrons. The smallest absolute Gasteiger partial charge is 0.336 e. The number of rotatable bonds is 7. The van der Waals surface area contributed by atoms with E-state index in [2.05, 4.69) is 21.2 Å². The van der Waals surface area contributed by atoms with Crippen LogP contribution in [0.15, 0.2) is 27.6 Å². The minimum Gasteiger partial charge on any atom is -0.478 e. The van der Waals surface area contributed by atoms with Crippen molar-refractivity contribution in [2.24, 2.45) is 0 Å². The van der Waals surface area contributed by atoms with Crippen LogP contribution >= 0.6 is 27.7 Å². The number of methoxy groups -OCH3 is 1. The molecule has 1 unspecified atom stereocenters. The van der Waals surface area contributed by atoms with E-state index in [1.54, 1.807) is 32.2 Å². The molecule has 0 aromatic heterocycles. The van der Waals surface area contributed by atoms with Gasteiger partial charge in [0.15, 0.2) is 0 Å². The van der Waals surface area contributed by atoms with E-state index >= 15 is 0 Å². The molecule has 0 saturated heterocycles. The maximum Gasteiger partial charge on any atom is 0.336 e. The Kier molecular flexibility index (Phi) is 7.04. The minimum absolute atomic E-state index is 0.105. The van der Waals surface area contributed by atoms with E-state index in [1.807, 2.05) is 0 Å². The summed E-state index contributed by atoms with van der Waals surface area (Å²) >= 11 is 4.50. The first-order valence-electron chi connectivity index (χ1n) is 5.92. The van der Waals surface area contributed by atoms with Crippen molar-refractivity contribution in [2.45, 2.75) is 17.1 Å². The fourth-order valence-corrected chi connectivity index (χ4v) is 2.77. The molecule has 0 bridgehead atoms. The zero-order valence-electron chi connectivity index (χ0n) is 11.2. The van der Waals surface area contributed by atoms with Crippen molar-refractivity contribution in [1.82, 2.24) is 5.32 Å². The van der Waals surface area contributed by atoms with Crippen LogP contribution in [-0.4, -0.2) is 42.5 Å². The van der Waals surface area contributed by atoms with Gasteiger partial charge in [-0.3, -0.25) is 4.79 Å². The number of hydrogen-bond acceptors (Lipinski definition) is 4. The molecule has 1 amide bonds. The number of carbonyl (C=O) groups is 2. The largest absolute Gasteiger partial charge is 0.478 e. The van der Waals surface area contributed by atoms with Gasteiger partial charge >= 0.3 is 5.97 Å². The van der Waals surface area contributed by atoms with E-state index in [-0.39, 0.29) is 16.7 Å². The van der Waals surface area contributed by atoms with E-state index in [0.717, 1.165) is 4.90 Å². The molecule has 1 atom stereocenters. The molecule has 0 aliphatic rings. The van der Waals surface area contributed by atoms with E-state index in [1.165, 1.54) is 11.8 Å². The molecule has 0 aliphatic carbocycles. The Labute approximate surface area is 130 Å². The van der Waals surface area contributed by atoms with Gasteiger partial charge in [0.1, 0.15) is 0 Å². The van der Waals surface area contributed by atoms with Crippen LogP contribution in [0.2, 0.25) is 0 Å². The number of carboxylic acids is 1. The number of hydrogen-bond donors (Lipinski definition) is 2. The summed E-state index contributed by atoms with van der Waals surface area (Å²) in [7, 11) is 1.57. The second-order valence-corrected chi connectivity index (χ2v) is 6.26. The lowest BCUT2D eigenvalue weighted by Gasteiger charge is -2.12. The van der Waals surface area contributed by atoms with Crippen molar-refractivity contribution in [3.05, 3.63) is 28.2 Å². The van der Waals surface area contributed by atoms with Gasteiger partial charge in [-0.05, 0) is 41.1 Å². The number of amides is 1. The van der Waals surface area contributed by atoms with E-state index in [0.29, 0.717) is 17.6 Å². The first-order chi connectivity index (χ1) is 9.45. The summed E-state index contributed by atoms with van der Waals surface area (Å²) in [6.07, 6.45) is 0. The van der Waals surface area contributed by atoms with Gasteiger partial charge in [-0.2, -0.15) is 0 Å². The van der Waals surface area contributed by atoms with Crippen molar-refractivity contribution in [2.75, 3.05) is 20.3 Å². The maximum atomic E-state index is 11.8. The minimum atomic E-state index is -1.00. The highest BCUT2D eigenvalue weighted by Crippen LogP contribution is 2.27. The molecule has 0 heterocycles. The number of ether oxygens (including phenoxy) is 1. The van der Waals surface area contributed by atoms with Gasteiger partial charge in [0.25, 0.3) is 0 Å². The molecule has 1 rings (SSSR count). The van der Waals surface area contributed by atoms with E-state index in [4.69, 9.17) is 9.84 Å². The molecule has 0 saturated carbocycles. The number of carbonyl (C=O) groups excluding carboxylic acids is 1. The van der Waals surface area contributed by atoms with Crippen molar-refractivity contribution >= 4 is 39.6 Å². The second kappa shape index (κ2) is 8.28. The van der Waals surface area contributed by atoms with Crippen LogP contribution in [0.25, 0.3) is 0 Å². The number of halogens is 1. The normalized spacial score (nSPS) is 11.9. The van der Waals surface area contributed by atoms with Crippen LogP contribution in [0.1, 0.15) is 17.3 Å². The Balaban J connectivity index is 2.66. The lowest BCUT2D eigenvalue weighted by atomic mass is 10.2. The third-order valence-electron chi connectivity index (χ3n) is 2.46. The molecule has 5 nitrogen and oxygen atoms in total. The van der Waals surface area contributed by atoms with Gasteiger partial charge in [-0.25, -0.2) is 4.79 Å². The summed E-state index contributed by atoms with van der Waals surface area (Å²) in [5, 5.41) is 11.5. The molecule has 20 heavy (non-hydrogen) atoms. The summed E-state index contributed by atoms with van der Waals surface area (Å²) in [6.45, 7) is 2.70. The van der Waals surface area contributed by atoms with Gasteiger partial charge in [-0.15, -0.1) is 11.8 Å². The van der Waals surface area contributed by atoms with Crippen LogP contribution in [0.4, 0.5) is 0 Å². The summed E-state index contributed by atoms with van der Waals surface area (Å²) in [5.74, 6) is -1.11. The van der Waals surface area contributed by atoms with Crippen molar-refractivity contribution in [1.29, 1.82) is 0 Å². The van der Waals surface area contributed by atoms with Gasteiger partial charge in [0, 0.05) is 23.0 Å². The Morgan fingerprint density at radius 1 is 1.50 bits per heavy atom. The lowest BCUT2D eigenvalue weighted by molar-refractivity contribution is -0.120. The molecular formula is C13H16BrNO4S. The van der Waals surface area contributed by atoms with Gasteiger partial charge in [-0.1, -0.05) is 0 Å². The summed E-state index contributed by atoms with van der Waals surface area (Å²) in [4.78, 5) is 23.6. The number of aromatic carboxylic acids is 1. The van der Waals surface area contributed by atoms with Crippen molar-refractivity contribution in [3.8, 4) is 0 Å². The molecule has 2 N–H and O–H groups in total. The van der Waals surface area contributed by atoms with Crippen LogP contribution in [-0.2, 0) is 9.53 Å². The van der Waals surface area contributed by atoms with E-state index < -0.39 is 5.97 Å². The third kappa shape index (κ3) is 5.15. The number of nitrogens with one attached hydrogen (secondary N) is 1. The maximum absolute atomic E-state index is 11.8. The Bertz CT molecular complexity index is 495. The van der Waals surface area contributed by atoms with Gasteiger partial charge in [0.2, 0.25) is 5.91 Å². The standard InChI is InChI=1S/C13H16BrNO4S/c1-8(12(16)15-5-6-19-2)20-9-3-4-11(14)10(7-9)13(17)18/h3-4,7-8H,5-6H2,1-2H3,(H,15,16)(H,17,18). The molecule has 110 valence electrons. The van der Waals surface area contributed by atoms with Crippen molar-refractivity contribution in [3.63, 3.8) is 0 Å². The number of thioether (sulfide) groups is 1. The average Bonchev–Trinajstić information content (AvgIpc) is 2.40. The zero-order valence-corrected chi connectivity index (χ0v) is 13.6. The third-order valence-corrected chi connectivity index (χ3v) is 4.24. The van der Waals surface area contributed by atoms with Crippen LogP contribution < -0.4 is 5.32 Å². The lowest BCUT2D eigenvalue weighted by Crippen LogP contribution is -2.33. The van der Waals surface area contributed by atoms with Crippen LogP contribution in [0.3, 0.4) is 0 Å². The molecule has 0 fully saturated rings. The predicted molar refractivity (Wildman–Crippen MR) is 81.3 cm³/mol. The summed E-state index contributed by atoms with van der Waals surface area (Å²) in [5.41, 5.74) is 0.182. The average molecular weight is 362 g/mol. The SMILES string of the molecule is COCCNC(=O)C(C)Sc1ccc(Br)c(C(=O)O)c1. The quantitative estimate of drug-likeness (QED) is 0.576. The molecule has 0 spiro atoms.